The van der Waals surface area contributed by atoms with E-state index in [1.165, 1.54) is 0 Å². The zero-order chi connectivity index (χ0) is 31.8. The topological polar surface area (TPSA) is 95.8 Å². The molecule has 0 radical (unpaired) electrons. The fraction of sp³-hybridized carbons (Fsp3) is 0.294. The normalized spacial score (nSPS) is 13.7. The Kier molecular flexibility index (Phi) is 11.6. The lowest BCUT2D eigenvalue weighted by atomic mass is 9.97. The highest BCUT2D eigenvalue weighted by Crippen LogP contribution is 2.50. The average Bonchev–Trinajstić information content (AvgIpc) is 2.99. The van der Waals surface area contributed by atoms with Crippen LogP contribution < -0.4 is 23.0 Å². The Morgan fingerprint density at radius 1 is 0.727 bits per heavy atom. The van der Waals surface area contributed by atoms with Gasteiger partial charge in [-0.1, -0.05) is 36.8 Å². The van der Waals surface area contributed by atoms with Gasteiger partial charge in [0.15, 0.2) is 5.76 Å². The first-order valence-electron chi connectivity index (χ1n) is 14.2. The molecule has 3 aromatic carbocycles. The SMILES string of the molecule is CCCCc1cc(OC)cc(-c2cc(OC)ccc2OP(O)OC2=C=C=C(C)C=C2C)c1OP(O)Oc1ccc(C)cc1C. The number of allylic oxidation sites excluding steroid dienone is 3. The molecule has 1 aliphatic rings. The Labute approximate surface area is 261 Å². The second-order valence-corrected chi connectivity index (χ2v) is 12.0. The lowest BCUT2D eigenvalue weighted by molar-refractivity contribution is 0.330. The number of benzene rings is 3. The van der Waals surface area contributed by atoms with Crippen LogP contribution in [0, 0.1) is 13.8 Å². The Morgan fingerprint density at radius 3 is 2.09 bits per heavy atom. The summed E-state index contributed by atoms with van der Waals surface area (Å²) in [4.78, 5) is 22.0. The van der Waals surface area contributed by atoms with E-state index in [2.05, 4.69) is 18.4 Å². The molecular formula is C34H38O8P2. The first kappa shape index (κ1) is 33.2. The maximum Gasteiger partial charge on any atom is 0.460 e. The van der Waals surface area contributed by atoms with Gasteiger partial charge in [0, 0.05) is 16.7 Å². The first-order chi connectivity index (χ1) is 21.1. The molecule has 8 nitrogen and oxygen atoms in total. The van der Waals surface area contributed by atoms with Crippen LogP contribution in [0.2, 0.25) is 0 Å². The Hall–Kier alpha value is -3.72. The summed E-state index contributed by atoms with van der Waals surface area (Å²) in [5.74, 6) is 2.74. The van der Waals surface area contributed by atoms with Crippen molar-refractivity contribution in [3.63, 3.8) is 0 Å². The van der Waals surface area contributed by atoms with Gasteiger partial charge in [0.1, 0.15) is 28.7 Å². The molecule has 0 aromatic heterocycles. The lowest BCUT2D eigenvalue weighted by Gasteiger charge is -2.22. The fourth-order valence-corrected chi connectivity index (χ4v) is 6.10. The molecule has 0 saturated heterocycles. The Balaban J connectivity index is 1.77. The third kappa shape index (κ3) is 8.46. The summed E-state index contributed by atoms with van der Waals surface area (Å²) >= 11 is 0. The summed E-state index contributed by atoms with van der Waals surface area (Å²) in [6.45, 7) is 9.78. The van der Waals surface area contributed by atoms with Crippen molar-refractivity contribution in [2.24, 2.45) is 0 Å². The highest BCUT2D eigenvalue weighted by atomic mass is 31.2. The zero-order valence-electron chi connectivity index (χ0n) is 26.1. The number of methoxy groups -OCH3 is 2. The largest absolute Gasteiger partial charge is 0.497 e. The van der Waals surface area contributed by atoms with Gasteiger partial charge in [-0.2, -0.15) is 0 Å². The molecule has 232 valence electrons. The van der Waals surface area contributed by atoms with Gasteiger partial charge < -0.3 is 37.4 Å². The van der Waals surface area contributed by atoms with Gasteiger partial charge in [0.25, 0.3) is 0 Å². The molecule has 2 unspecified atom stereocenters. The molecule has 44 heavy (non-hydrogen) atoms. The van der Waals surface area contributed by atoms with Gasteiger partial charge in [-0.05, 0) is 105 Å². The third-order valence-corrected chi connectivity index (χ3v) is 8.22. The van der Waals surface area contributed by atoms with Crippen LogP contribution in [0.5, 0.6) is 28.7 Å². The van der Waals surface area contributed by atoms with Crippen molar-refractivity contribution in [2.75, 3.05) is 14.2 Å². The average molecular weight is 637 g/mol. The van der Waals surface area contributed by atoms with Gasteiger partial charge in [0.2, 0.25) is 0 Å². The minimum absolute atomic E-state index is 0.310. The third-order valence-electron chi connectivity index (χ3n) is 6.84. The van der Waals surface area contributed by atoms with Crippen molar-refractivity contribution in [1.82, 2.24) is 0 Å². The van der Waals surface area contributed by atoms with Crippen LogP contribution in [0.1, 0.15) is 50.3 Å². The summed E-state index contributed by atoms with van der Waals surface area (Å²) in [5.41, 5.74) is 11.5. The van der Waals surface area contributed by atoms with Gasteiger partial charge >= 0.3 is 17.2 Å². The van der Waals surface area contributed by atoms with Crippen LogP contribution >= 0.6 is 17.2 Å². The number of hydrogen-bond acceptors (Lipinski definition) is 8. The molecule has 0 spiro atoms. The van der Waals surface area contributed by atoms with Crippen LogP contribution in [-0.2, 0) is 10.9 Å². The second-order valence-electron chi connectivity index (χ2n) is 10.3. The van der Waals surface area contributed by atoms with E-state index >= 15 is 0 Å². The predicted octanol–water partition coefficient (Wildman–Crippen LogP) is 9.17. The zero-order valence-corrected chi connectivity index (χ0v) is 27.8. The van der Waals surface area contributed by atoms with E-state index in [0.717, 1.165) is 40.7 Å². The van der Waals surface area contributed by atoms with Gasteiger partial charge in [-0.25, -0.2) is 0 Å². The molecule has 0 saturated carbocycles. The van der Waals surface area contributed by atoms with E-state index in [1.54, 1.807) is 38.5 Å². The minimum Gasteiger partial charge on any atom is -0.497 e. The van der Waals surface area contributed by atoms with Crippen LogP contribution in [0.4, 0.5) is 0 Å². The first-order valence-corrected chi connectivity index (χ1v) is 16.5. The van der Waals surface area contributed by atoms with E-state index in [1.807, 2.05) is 58.0 Å². The van der Waals surface area contributed by atoms with Crippen molar-refractivity contribution in [3.05, 3.63) is 99.7 Å². The van der Waals surface area contributed by atoms with E-state index < -0.39 is 17.2 Å². The fourth-order valence-electron chi connectivity index (χ4n) is 4.60. The molecule has 0 bridgehead atoms. The molecule has 0 heterocycles. The smallest absolute Gasteiger partial charge is 0.460 e. The number of aryl methyl sites for hydroxylation is 3. The molecule has 1 aliphatic carbocycles. The summed E-state index contributed by atoms with van der Waals surface area (Å²) in [6, 6.07) is 14.6. The molecule has 3 aromatic rings. The Bertz CT molecular complexity index is 1630. The van der Waals surface area contributed by atoms with E-state index in [4.69, 9.17) is 27.6 Å². The van der Waals surface area contributed by atoms with Gasteiger partial charge in [-0.3, -0.25) is 0 Å². The highest BCUT2D eigenvalue weighted by Gasteiger charge is 2.25. The molecule has 2 atom stereocenters. The number of rotatable bonds is 14. The Morgan fingerprint density at radius 2 is 1.41 bits per heavy atom. The standard InChI is InChI=1S/C34H38O8P2/c1-8-9-10-26-19-28(38-7)21-30(34(26)42-44(36)40-32-15-12-23(3)18-25(32)5)29-20-27(37-6)13-16-33(29)41-43(35)39-31-14-11-22(2)17-24(31)4/h12-13,15-21,35-36H,8-10H2,1-7H3. The van der Waals surface area contributed by atoms with E-state index in [-0.39, 0.29) is 0 Å². The summed E-state index contributed by atoms with van der Waals surface area (Å²) in [5, 5.41) is 0. The quantitative estimate of drug-likeness (QED) is 0.134. The number of ether oxygens (including phenoxy) is 2. The lowest BCUT2D eigenvalue weighted by Crippen LogP contribution is -2.03. The van der Waals surface area contributed by atoms with Crippen LogP contribution in [0.3, 0.4) is 0 Å². The summed E-state index contributed by atoms with van der Waals surface area (Å²) in [6.07, 6.45) is 4.38. The summed E-state index contributed by atoms with van der Waals surface area (Å²) in [7, 11) is -1.63. The molecule has 0 aliphatic heterocycles. The van der Waals surface area contributed by atoms with Crippen LogP contribution in [0.25, 0.3) is 11.1 Å². The molecule has 4 rings (SSSR count). The minimum atomic E-state index is -2.41. The monoisotopic (exact) mass is 636 g/mol. The second kappa shape index (κ2) is 15.3. The van der Waals surface area contributed by atoms with Crippen molar-refractivity contribution >= 4 is 17.2 Å². The molecule has 2 N–H and O–H groups in total. The van der Waals surface area contributed by atoms with E-state index in [0.29, 0.717) is 52.1 Å². The molecular weight excluding hydrogens is 598 g/mol. The van der Waals surface area contributed by atoms with Crippen LogP contribution in [0.15, 0.2) is 83.0 Å². The van der Waals surface area contributed by atoms with Gasteiger partial charge in [-0.15, -0.1) is 0 Å². The van der Waals surface area contributed by atoms with Crippen molar-refractivity contribution in [3.8, 4) is 39.9 Å². The van der Waals surface area contributed by atoms with Crippen molar-refractivity contribution < 1.29 is 37.4 Å². The molecule has 0 amide bonds. The van der Waals surface area contributed by atoms with E-state index in [9.17, 15) is 9.79 Å². The van der Waals surface area contributed by atoms with Crippen LogP contribution in [-0.4, -0.2) is 24.0 Å². The summed E-state index contributed by atoms with van der Waals surface area (Å²) < 4.78 is 35.0. The van der Waals surface area contributed by atoms with Crippen molar-refractivity contribution in [2.45, 2.75) is 53.9 Å². The number of unbranched alkanes of at least 4 members (excludes halogenated alkanes) is 1. The van der Waals surface area contributed by atoms with Gasteiger partial charge in [0.05, 0.1) is 14.2 Å². The van der Waals surface area contributed by atoms with Crippen molar-refractivity contribution in [1.29, 1.82) is 0 Å². The maximum absolute atomic E-state index is 11.1. The maximum atomic E-state index is 11.1. The predicted molar refractivity (Wildman–Crippen MR) is 174 cm³/mol. The highest BCUT2D eigenvalue weighted by molar-refractivity contribution is 7.41. The molecule has 10 heteroatoms. The number of hydrogen-bond donors (Lipinski definition) is 2. The molecule has 0 fully saturated rings.